The molecular weight excluding hydrogens is 387 g/mol. The van der Waals surface area contributed by atoms with Crippen LogP contribution in [0.1, 0.15) is 26.7 Å². The molecule has 0 radical (unpaired) electrons. The van der Waals surface area contributed by atoms with Crippen LogP contribution in [0.5, 0.6) is 0 Å². The van der Waals surface area contributed by atoms with Crippen LogP contribution in [0.25, 0.3) is 0 Å². The molecule has 2 heteroatoms. The summed E-state index contributed by atoms with van der Waals surface area (Å²) in [5, 5.41) is 1.49. The molecule has 3 aromatic carbocycles. The molecule has 25 heavy (non-hydrogen) atoms. The molecule has 0 aliphatic heterocycles. The van der Waals surface area contributed by atoms with Gasteiger partial charge in [0.15, 0.2) is 0 Å². The Morgan fingerprint density at radius 3 is 1.12 bits per heavy atom. The second-order valence-corrected chi connectivity index (χ2v) is 15.4. The molecule has 0 saturated carbocycles. The zero-order chi connectivity index (χ0) is 17.8. The topological polar surface area (TPSA) is 0 Å². The number of halogens is 1. The van der Waals surface area contributed by atoms with E-state index in [-0.39, 0.29) is 0 Å². The second-order valence-electron chi connectivity index (χ2n) is 6.55. The summed E-state index contributed by atoms with van der Waals surface area (Å²) in [6.45, 7) is 4.65. The third kappa shape index (κ3) is 2.78. The fourth-order valence-electron chi connectivity index (χ4n) is 4.21. The summed E-state index contributed by atoms with van der Waals surface area (Å²) in [7, 11) is 0. The quantitative estimate of drug-likeness (QED) is 0.434. The van der Waals surface area contributed by atoms with E-state index in [1.807, 2.05) is 0 Å². The summed E-state index contributed by atoms with van der Waals surface area (Å²) in [4.78, 5) is 0. The third-order valence-electron chi connectivity index (χ3n) is 5.41. The fourth-order valence-corrected chi connectivity index (χ4v) is 13.9. The van der Waals surface area contributed by atoms with E-state index in [0.717, 1.165) is 12.8 Å². The van der Waals surface area contributed by atoms with Gasteiger partial charge in [-0.3, -0.25) is 0 Å². The zero-order valence-electron chi connectivity index (χ0n) is 15.0. The second kappa shape index (κ2) is 7.44. The molecule has 0 aliphatic rings. The molecule has 0 nitrogen and oxygen atoms in total. The number of hydrogen-bond acceptors (Lipinski definition) is 0. The Balaban J connectivity index is 2.49. The van der Waals surface area contributed by atoms with Crippen molar-refractivity contribution in [2.75, 3.05) is 0 Å². The first-order chi connectivity index (χ1) is 12.2. The third-order valence-corrected chi connectivity index (χ3v) is 16.9. The average Bonchev–Trinajstić information content (AvgIpc) is 2.71. The van der Waals surface area contributed by atoms with Crippen LogP contribution < -0.4 is 15.9 Å². The van der Waals surface area contributed by atoms with Gasteiger partial charge in [0.25, 0.3) is 0 Å². The zero-order valence-corrected chi connectivity index (χ0v) is 17.5. The van der Waals surface area contributed by atoms with E-state index in [4.69, 9.17) is 0 Å². The molecule has 0 amide bonds. The molecule has 0 bridgehead atoms. The van der Waals surface area contributed by atoms with Crippen molar-refractivity contribution in [1.82, 2.24) is 0 Å². The molecule has 0 unspecified atom stereocenters. The van der Waals surface area contributed by atoms with Gasteiger partial charge in [-0.05, 0) is 0 Å². The van der Waals surface area contributed by atoms with Crippen molar-refractivity contribution < 1.29 is 0 Å². The number of rotatable bonds is 6. The minimum atomic E-state index is -2.76. The van der Waals surface area contributed by atoms with Crippen LogP contribution in [0, 0.1) is 0 Å². The minimum absolute atomic E-state index is 0.540. The Kier molecular flexibility index (Phi) is 5.46. The van der Waals surface area contributed by atoms with Crippen LogP contribution in [0.3, 0.4) is 0 Å². The molecule has 0 aromatic heterocycles. The normalized spacial score (nSPS) is 13.4. The van der Waals surface area contributed by atoms with Crippen LogP contribution in [0.15, 0.2) is 91.0 Å². The van der Waals surface area contributed by atoms with E-state index >= 15 is 0 Å². The summed E-state index contributed by atoms with van der Waals surface area (Å²) < 4.78 is 0. The first kappa shape index (κ1) is 18.4. The fraction of sp³-hybridized carbons (Fsp3) is 0.217. The predicted octanol–water partition coefficient (Wildman–Crippen LogP) is 6.01. The first-order valence-corrected chi connectivity index (χ1v) is 13.4. The van der Waals surface area contributed by atoms with Crippen molar-refractivity contribution in [3.05, 3.63) is 91.0 Å². The van der Waals surface area contributed by atoms with Gasteiger partial charge in [-0.15, -0.1) is 0 Å². The van der Waals surface area contributed by atoms with Gasteiger partial charge >= 0.3 is 160 Å². The molecule has 3 aromatic rings. The average molecular weight is 413 g/mol. The van der Waals surface area contributed by atoms with E-state index in [1.54, 1.807) is 0 Å². The van der Waals surface area contributed by atoms with Crippen LogP contribution in [-0.2, 0) is 0 Å². The molecule has 0 heterocycles. The van der Waals surface area contributed by atoms with E-state index in [0.29, 0.717) is 5.66 Å². The van der Waals surface area contributed by atoms with Crippen molar-refractivity contribution in [2.24, 2.45) is 0 Å². The summed E-state index contributed by atoms with van der Waals surface area (Å²) in [6.07, 6.45) is 2.27. The monoisotopic (exact) mass is 412 g/mol. The van der Waals surface area contributed by atoms with Gasteiger partial charge in [0.1, 0.15) is 0 Å². The number of benzene rings is 3. The van der Waals surface area contributed by atoms with Gasteiger partial charge in [0.05, 0.1) is 0 Å². The Bertz CT molecular complexity index is 696. The van der Waals surface area contributed by atoms with E-state index in [1.165, 1.54) is 15.9 Å². The van der Waals surface area contributed by atoms with Crippen molar-refractivity contribution in [3.63, 3.8) is 0 Å². The van der Waals surface area contributed by atoms with E-state index < -0.39 is 5.31 Å². The van der Waals surface area contributed by atoms with Gasteiger partial charge < -0.3 is 0 Å². The Hall–Kier alpha value is -1.43. The van der Waals surface area contributed by atoms with Gasteiger partial charge in [-0.2, -0.15) is 0 Å². The molecule has 130 valence electrons. The van der Waals surface area contributed by atoms with E-state index in [9.17, 15) is 0 Å². The van der Waals surface area contributed by atoms with Gasteiger partial charge in [0, 0.05) is 0 Å². The number of hydrogen-bond donors (Lipinski definition) is 0. The van der Waals surface area contributed by atoms with Crippen LogP contribution in [0.2, 0.25) is 0 Å². The molecule has 0 spiro atoms. The van der Waals surface area contributed by atoms with Crippen LogP contribution in [-0.4, -0.2) is 5.66 Å². The predicted molar refractivity (Wildman–Crippen MR) is 118 cm³/mol. The van der Waals surface area contributed by atoms with Gasteiger partial charge in [-0.25, -0.2) is 0 Å². The maximum absolute atomic E-state index is 4.53. The molecular formula is C23H26BrP. The molecule has 0 aliphatic carbocycles. The van der Waals surface area contributed by atoms with Crippen LogP contribution in [0.4, 0.5) is 0 Å². The van der Waals surface area contributed by atoms with Crippen molar-refractivity contribution in [1.29, 1.82) is 0 Å². The first-order valence-electron chi connectivity index (χ1n) is 9.06. The standard InChI is InChI=1S/C23H26BrP/c1-3-20(4-2)25(24,21-14-8-5-9-15-21,22-16-10-6-11-17-22)23-18-12-7-13-19-23/h5-20H,3-4H2,1-2H3. The summed E-state index contributed by atoms with van der Waals surface area (Å²) >= 11 is 4.53. The molecule has 0 atom stereocenters. The summed E-state index contributed by atoms with van der Waals surface area (Å²) in [5.74, 6) is 0. The van der Waals surface area contributed by atoms with Crippen molar-refractivity contribution in [3.8, 4) is 0 Å². The van der Waals surface area contributed by atoms with Crippen molar-refractivity contribution in [2.45, 2.75) is 32.3 Å². The Morgan fingerprint density at radius 2 is 0.880 bits per heavy atom. The van der Waals surface area contributed by atoms with Crippen LogP contribution >= 0.6 is 20.8 Å². The van der Waals surface area contributed by atoms with Gasteiger partial charge in [-0.1, -0.05) is 0 Å². The Morgan fingerprint density at radius 1 is 0.600 bits per heavy atom. The molecule has 0 saturated heterocycles. The SMILES string of the molecule is CCC(CC)P(Br)(c1ccccc1)(c1ccccc1)c1ccccc1. The van der Waals surface area contributed by atoms with Gasteiger partial charge in [0.2, 0.25) is 0 Å². The molecule has 3 rings (SSSR count). The molecule has 0 fully saturated rings. The maximum atomic E-state index is 4.53. The van der Waals surface area contributed by atoms with E-state index in [2.05, 4.69) is 120 Å². The summed E-state index contributed by atoms with van der Waals surface area (Å²) in [5.41, 5.74) is 0.540. The van der Waals surface area contributed by atoms with Crippen molar-refractivity contribution >= 4 is 36.7 Å². The Labute approximate surface area is 160 Å². The molecule has 0 N–H and O–H groups in total. The summed E-state index contributed by atoms with van der Waals surface area (Å²) in [6, 6.07) is 33.2.